The lowest BCUT2D eigenvalue weighted by Gasteiger charge is -2.29. The number of hydrogen-bond donors (Lipinski definition) is 0. The zero-order valence-electron chi connectivity index (χ0n) is 20.8. The second-order valence-corrected chi connectivity index (χ2v) is 9.95. The Morgan fingerprint density at radius 3 is 2.31 bits per heavy atom. The fourth-order valence-electron chi connectivity index (χ4n) is 4.39. The van der Waals surface area contributed by atoms with Crippen molar-refractivity contribution < 1.29 is 4.79 Å². The van der Waals surface area contributed by atoms with Crippen molar-refractivity contribution in [3.05, 3.63) is 71.2 Å². The third kappa shape index (κ3) is 4.43. The van der Waals surface area contributed by atoms with Gasteiger partial charge in [0.1, 0.15) is 11.6 Å². The number of carbonyl (C=O) groups is 1. The van der Waals surface area contributed by atoms with Gasteiger partial charge in [-0.25, -0.2) is 9.97 Å². The van der Waals surface area contributed by atoms with E-state index in [1.165, 1.54) is 0 Å². The van der Waals surface area contributed by atoms with E-state index in [-0.39, 0.29) is 11.4 Å². The molecule has 2 aromatic heterocycles. The summed E-state index contributed by atoms with van der Waals surface area (Å²) < 4.78 is 0. The highest BCUT2D eigenvalue weighted by atomic mass is 16.2. The maximum atomic E-state index is 12.8. The van der Waals surface area contributed by atoms with Gasteiger partial charge in [0.05, 0.1) is 12.1 Å². The second-order valence-electron chi connectivity index (χ2n) is 9.95. The molecule has 1 aliphatic rings. The number of anilines is 1. The molecule has 0 atom stereocenters. The van der Waals surface area contributed by atoms with Crippen LogP contribution in [0.15, 0.2) is 48.5 Å². The van der Waals surface area contributed by atoms with Crippen LogP contribution in [0.4, 0.5) is 5.82 Å². The molecule has 3 heterocycles. The van der Waals surface area contributed by atoms with Gasteiger partial charge in [-0.05, 0) is 62.9 Å². The van der Waals surface area contributed by atoms with E-state index in [0.29, 0.717) is 31.0 Å². The topological polar surface area (TPSA) is 89.7 Å². The third-order valence-electron chi connectivity index (χ3n) is 6.24. The number of aromatic nitrogens is 6. The maximum Gasteiger partial charge on any atom is 0.228 e. The first kappa shape index (κ1) is 22.8. The number of aryl methyl sites for hydroxylation is 2. The summed E-state index contributed by atoms with van der Waals surface area (Å²) in [6.45, 7) is 10.5. The number of rotatable bonds is 4. The predicted octanol–water partition coefficient (Wildman–Crippen LogP) is 4.65. The Labute approximate surface area is 205 Å². The van der Waals surface area contributed by atoms with Gasteiger partial charge in [-0.2, -0.15) is 4.80 Å². The van der Waals surface area contributed by atoms with Crippen LogP contribution in [0, 0.1) is 13.8 Å². The Bertz CT molecular complexity index is 1400. The summed E-state index contributed by atoms with van der Waals surface area (Å²) in [6.07, 6.45) is 1.17. The molecule has 8 heteroatoms. The number of nitrogens with zero attached hydrogens (tertiary/aromatic N) is 7. The van der Waals surface area contributed by atoms with Gasteiger partial charge in [0, 0.05) is 23.2 Å². The predicted molar refractivity (Wildman–Crippen MR) is 135 cm³/mol. The summed E-state index contributed by atoms with van der Waals surface area (Å²) >= 11 is 0. The van der Waals surface area contributed by atoms with E-state index in [2.05, 4.69) is 55.7 Å². The van der Waals surface area contributed by atoms with Crippen molar-refractivity contribution in [2.45, 2.75) is 59.5 Å². The van der Waals surface area contributed by atoms with Gasteiger partial charge in [-0.1, -0.05) is 48.5 Å². The zero-order chi connectivity index (χ0) is 24.7. The molecule has 1 amide bonds. The van der Waals surface area contributed by atoms with E-state index in [0.717, 1.165) is 39.3 Å². The largest absolute Gasteiger partial charge is 0.292 e. The van der Waals surface area contributed by atoms with Gasteiger partial charge in [0.25, 0.3) is 0 Å². The van der Waals surface area contributed by atoms with E-state index in [4.69, 9.17) is 0 Å². The quantitative estimate of drug-likeness (QED) is 0.434. The van der Waals surface area contributed by atoms with E-state index in [1.807, 2.05) is 52.8 Å². The first-order valence-corrected chi connectivity index (χ1v) is 11.8. The Morgan fingerprint density at radius 1 is 0.914 bits per heavy atom. The minimum atomic E-state index is -0.242. The normalized spacial score (nSPS) is 13.7. The van der Waals surface area contributed by atoms with Crippen LogP contribution in [-0.4, -0.2) is 36.1 Å². The van der Waals surface area contributed by atoms with Crippen LogP contribution in [0.2, 0.25) is 0 Å². The average Bonchev–Trinajstić information content (AvgIpc) is 3.32. The van der Waals surface area contributed by atoms with Crippen LogP contribution in [0.1, 0.15) is 49.8 Å². The number of amides is 1. The molecular formula is C27H29N7O. The molecule has 2 aromatic carbocycles. The molecule has 0 unspecified atom stereocenters. The summed E-state index contributed by atoms with van der Waals surface area (Å²) in [5.74, 6) is 2.12. The lowest BCUT2D eigenvalue weighted by atomic mass is 9.98. The average molecular weight is 468 g/mol. The molecule has 0 saturated carbocycles. The maximum absolute atomic E-state index is 12.8. The van der Waals surface area contributed by atoms with Gasteiger partial charge in [0.15, 0.2) is 0 Å². The molecule has 0 N–H and O–H groups in total. The molecule has 178 valence electrons. The lowest BCUT2D eigenvalue weighted by molar-refractivity contribution is -0.119. The van der Waals surface area contributed by atoms with Crippen LogP contribution in [0.3, 0.4) is 0 Å². The van der Waals surface area contributed by atoms with Gasteiger partial charge in [-0.15, -0.1) is 10.2 Å². The smallest absolute Gasteiger partial charge is 0.228 e. The van der Waals surface area contributed by atoms with Gasteiger partial charge >= 0.3 is 0 Å². The summed E-state index contributed by atoms with van der Waals surface area (Å²) in [4.78, 5) is 25.3. The Morgan fingerprint density at radius 2 is 1.63 bits per heavy atom. The number of carbonyl (C=O) groups excluding carboxylic acids is 1. The SMILES string of the molecule is Cc1nc(C)c2c(n1)N(Cc1ccc(-c3ccccc3-c3nnn(C(C)(C)C)n3)cc1)C(=O)CC2. The molecule has 0 bridgehead atoms. The molecule has 35 heavy (non-hydrogen) atoms. The summed E-state index contributed by atoms with van der Waals surface area (Å²) in [5, 5.41) is 13.2. The van der Waals surface area contributed by atoms with Crippen molar-refractivity contribution in [3.8, 4) is 22.5 Å². The highest BCUT2D eigenvalue weighted by Crippen LogP contribution is 2.32. The van der Waals surface area contributed by atoms with Crippen molar-refractivity contribution >= 4 is 11.7 Å². The van der Waals surface area contributed by atoms with Crippen LogP contribution < -0.4 is 4.90 Å². The minimum Gasteiger partial charge on any atom is -0.292 e. The van der Waals surface area contributed by atoms with Crippen LogP contribution in [0.5, 0.6) is 0 Å². The van der Waals surface area contributed by atoms with Crippen LogP contribution in [-0.2, 0) is 23.3 Å². The zero-order valence-corrected chi connectivity index (χ0v) is 20.8. The summed E-state index contributed by atoms with van der Waals surface area (Å²) in [5.41, 5.74) is 5.83. The molecule has 4 aromatic rings. The molecule has 1 aliphatic heterocycles. The monoisotopic (exact) mass is 467 g/mol. The second kappa shape index (κ2) is 8.69. The fourth-order valence-corrected chi connectivity index (χ4v) is 4.39. The molecule has 5 rings (SSSR count). The van der Waals surface area contributed by atoms with Crippen LogP contribution >= 0.6 is 0 Å². The minimum absolute atomic E-state index is 0.0948. The first-order valence-electron chi connectivity index (χ1n) is 11.8. The first-order chi connectivity index (χ1) is 16.7. The van der Waals surface area contributed by atoms with Crippen molar-refractivity contribution in [1.29, 1.82) is 0 Å². The van der Waals surface area contributed by atoms with Crippen molar-refractivity contribution in [1.82, 2.24) is 30.2 Å². The van der Waals surface area contributed by atoms with E-state index >= 15 is 0 Å². The van der Waals surface area contributed by atoms with E-state index < -0.39 is 0 Å². The number of fused-ring (bicyclic) bond motifs is 1. The summed E-state index contributed by atoms with van der Waals surface area (Å²) in [6, 6.07) is 16.4. The lowest BCUT2D eigenvalue weighted by Crippen LogP contribution is -2.36. The molecule has 0 radical (unpaired) electrons. The van der Waals surface area contributed by atoms with Gasteiger partial charge in [0.2, 0.25) is 11.7 Å². The van der Waals surface area contributed by atoms with Gasteiger partial charge in [-0.3, -0.25) is 9.69 Å². The number of tetrazole rings is 1. The van der Waals surface area contributed by atoms with E-state index in [9.17, 15) is 4.79 Å². The Balaban J connectivity index is 1.44. The Hall–Kier alpha value is -3.94. The van der Waals surface area contributed by atoms with Crippen molar-refractivity contribution in [3.63, 3.8) is 0 Å². The van der Waals surface area contributed by atoms with Crippen LogP contribution in [0.25, 0.3) is 22.5 Å². The Kier molecular flexibility index (Phi) is 5.67. The fraction of sp³-hybridized carbons (Fsp3) is 0.333. The highest BCUT2D eigenvalue weighted by Gasteiger charge is 2.28. The summed E-state index contributed by atoms with van der Waals surface area (Å²) in [7, 11) is 0. The standard InChI is InChI=1S/C27H29N7O/c1-17-21-14-15-24(35)33(26(21)29-18(2)28-17)16-19-10-12-20(13-11-19)22-8-6-7-9-23(22)25-30-32-34(31-25)27(3,4)5/h6-13H,14-16H2,1-5H3. The highest BCUT2D eigenvalue weighted by molar-refractivity contribution is 5.95. The molecule has 0 saturated heterocycles. The molecule has 0 fully saturated rings. The molecule has 0 aliphatic carbocycles. The number of benzene rings is 2. The molecule has 0 spiro atoms. The van der Waals surface area contributed by atoms with E-state index in [1.54, 1.807) is 9.70 Å². The van der Waals surface area contributed by atoms with Crippen molar-refractivity contribution in [2.24, 2.45) is 0 Å². The third-order valence-corrected chi connectivity index (χ3v) is 6.24. The number of hydrogen-bond acceptors (Lipinski definition) is 6. The molecular weight excluding hydrogens is 438 g/mol. The van der Waals surface area contributed by atoms with Crippen molar-refractivity contribution in [2.75, 3.05) is 4.90 Å². The molecule has 8 nitrogen and oxygen atoms in total. The van der Waals surface area contributed by atoms with Gasteiger partial charge < -0.3 is 0 Å².